The molecule has 0 radical (unpaired) electrons. The van der Waals surface area contributed by atoms with E-state index >= 15 is 0 Å². The van der Waals surface area contributed by atoms with Crippen LogP contribution in [0.3, 0.4) is 0 Å². The van der Waals surface area contributed by atoms with E-state index < -0.39 is 0 Å². The molecule has 0 rings (SSSR count). The maximum absolute atomic E-state index is 9.91. The van der Waals surface area contributed by atoms with Crippen LogP contribution in [0.4, 0.5) is 0 Å². The summed E-state index contributed by atoms with van der Waals surface area (Å²) in [5.74, 6) is 0. The molecule has 0 aliphatic carbocycles. The van der Waals surface area contributed by atoms with E-state index in [1.807, 2.05) is 0 Å². The summed E-state index contributed by atoms with van der Waals surface area (Å²) in [5, 5.41) is 9.91. The fourth-order valence-electron chi connectivity index (χ4n) is 1.75. The first-order valence-electron chi connectivity index (χ1n) is 6.34. The molecule has 1 nitrogen and oxygen atoms in total. The fourth-order valence-corrected chi connectivity index (χ4v) is 1.75. The van der Waals surface area contributed by atoms with Gasteiger partial charge >= 0.3 is 0 Å². The average molecular weight is 214 g/mol. The molecule has 1 unspecified atom stereocenters. The number of aliphatic hydroxyl groups is 1. The van der Waals surface area contributed by atoms with Gasteiger partial charge in [0.25, 0.3) is 0 Å². The van der Waals surface area contributed by atoms with Crippen LogP contribution in [-0.2, 0) is 0 Å². The van der Waals surface area contributed by atoms with Gasteiger partial charge in [-0.2, -0.15) is 0 Å². The van der Waals surface area contributed by atoms with E-state index in [4.69, 9.17) is 0 Å². The second kappa shape index (κ2) is 5.89. The molecule has 0 aromatic heterocycles. The SMILES string of the molecule is CCC(C)(C)CC(O)CCCC(C)(C)C. The molecule has 0 aromatic carbocycles. The standard InChI is InChI=1S/C14H30O/c1-7-14(5,6)11-12(15)9-8-10-13(2,3)4/h12,15H,7-11H2,1-6H3. The summed E-state index contributed by atoms with van der Waals surface area (Å²) in [7, 11) is 0. The molecule has 0 fully saturated rings. The molecule has 0 aromatic rings. The molecule has 1 atom stereocenters. The van der Waals surface area contributed by atoms with Crippen molar-refractivity contribution in [3.05, 3.63) is 0 Å². The third-order valence-corrected chi connectivity index (χ3v) is 3.21. The Morgan fingerprint density at radius 3 is 2.00 bits per heavy atom. The lowest BCUT2D eigenvalue weighted by molar-refractivity contribution is 0.0986. The predicted molar refractivity (Wildman–Crippen MR) is 68.0 cm³/mol. The first-order valence-corrected chi connectivity index (χ1v) is 6.34. The largest absolute Gasteiger partial charge is 0.393 e. The summed E-state index contributed by atoms with van der Waals surface area (Å²) >= 11 is 0. The summed E-state index contributed by atoms with van der Waals surface area (Å²) in [4.78, 5) is 0. The van der Waals surface area contributed by atoms with Crippen molar-refractivity contribution >= 4 is 0 Å². The summed E-state index contributed by atoms with van der Waals surface area (Å²) in [5.41, 5.74) is 0.696. The molecule has 1 N–H and O–H groups in total. The summed E-state index contributed by atoms with van der Waals surface area (Å²) < 4.78 is 0. The minimum atomic E-state index is -0.109. The predicted octanol–water partition coefficient (Wildman–Crippen LogP) is 4.39. The minimum absolute atomic E-state index is 0.109. The Balaban J connectivity index is 3.71. The molecular formula is C14H30O. The van der Waals surface area contributed by atoms with Gasteiger partial charge in [0.1, 0.15) is 0 Å². The van der Waals surface area contributed by atoms with Crippen molar-refractivity contribution in [3.63, 3.8) is 0 Å². The van der Waals surface area contributed by atoms with Gasteiger partial charge < -0.3 is 5.11 Å². The highest BCUT2D eigenvalue weighted by Gasteiger charge is 2.20. The van der Waals surface area contributed by atoms with Crippen LogP contribution >= 0.6 is 0 Å². The van der Waals surface area contributed by atoms with E-state index in [2.05, 4.69) is 41.5 Å². The van der Waals surface area contributed by atoms with Gasteiger partial charge in [-0.15, -0.1) is 0 Å². The van der Waals surface area contributed by atoms with Crippen molar-refractivity contribution in [2.75, 3.05) is 0 Å². The Labute approximate surface area is 96.3 Å². The van der Waals surface area contributed by atoms with Crippen molar-refractivity contribution in [3.8, 4) is 0 Å². The molecule has 0 aliphatic rings. The van der Waals surface area contributed by atoms with E-state index in [0.717, 1.165) is 25.7 Å². The second-order valence-corrected chi connectivity index (χ2v) is 6.83. The highest BCUT2D eigenvalue weighted by Crippen LogP contribution is 2.29. The van der Waals surface area contributed by atoms with Crippen LogP contribution in [0.15, 0.2) is 0 Å². The first kappa shape index (κ1) is 15.0. The van der Waals surface area contributed by atoms with Gasteiger partial charge in [0.05, 0.1) is 6.10 Å². The Kier molecular flexibility index (Phi) is 5.87. The third-order valence-electron chi connectivity index (χ3n) is 3.21. The molecule has 0 heterocycles. The zero-order valence-electron chi connectivity index (χ0n) is 11.6. The highest BCUT2D eigenvalue weighted by molar-refractivity contribution is 4.72. The van der Waals surface area contributed by atoms with Crippen LogP contribution < -0.4 is 0 Å². The maximum Gasteiger partial charge on any atom is 0.0545 e. The zero-order chi connectivity index (χ0) is 12.1. The quantitative estimate of drug-likeness (QED) is 0.695. The van der Waals surface area contributed by atoms with Crippen LogP contribution in [0.2, 0.25) is 0 Å². The highest BCUT2D eigenvalue weighted by atomic mass is 16.3. The van der Waals surface area contributed by atoms with Gasteiger partial charge in [0.2, 0.25) is 0 Å². The summed E-state index contributed by atoms with van der Waals surface area (Å²) in [6.45, 7) is 13.4. The normalized spacial score (nSPS) is 15.4. The Morgan fingerprint density at radius 2 is 1.60 bits per heavy atom. The van der Waals surface area contributed by atoms with Crippen LogP contribution in [0.25, 0.3) is 0 Å². The Hall–Kier alpha value is -0.0400. The number of hydrogen-bond acceptors (Lipinski definition) is 1. The third kappa shape index (κ3) is 8.92. The van der Waals surface area contributed by atoms with Gasteiger partial charge in [0, 0.05) is 0 Å². The lowest BCUT2D eigenvalue weighted by atomic mass is 9.82. The topological polar surface area (TPSA) is 20.2 Å². The number of hydrogen-bond donors (Lipinski definition) is 1. The average Bonchev–Trinajstić information content (AvgIpc) is 2.00. The van der Waals surface area contributed by atoms with Gasteiger partial charge in [-0.3, -0.25) is 0 Å². The molecular weight excluding hydrogens is 184 g/mol. The molecule has 0 saturated heterocycles. The van der Waals surface area contributed by atoms with Crippen molar-refractivity contribution in [1.29, 1.82) is 0 Å². The van der Waals surface area contributed by atoms with Gasteiger partial charge in [0.15, 0.2) is 0 Å². The summed E-state index contributed by atoms with van der Waals surface area (Å²) in [6.07, 6.45) is 5.28. The fraction of sp³-hybridized carbons (Fsp3) is 1.00. The molecule has 0 spiro atoms. The van der Waals surface area contributed by atoms with Crippen molar-refractivity contribution in [1.82, 2.24) is 0 Å². The van der Waals surface area contributed by atoms with Gasteiger partial charge in [-0.1, -0.05) is 54.4 Å². The lowest BCUT2D eigenvalue weighted by Gasteiger charge is -2.26. The van der Waals surface area contributed by atoms with Crippen LogP contribution in [0, 0.1) is 10.8 Å². The Morgan fingerprint density at radius 1 is 1.07 bits per heavy atom. The number of rotatable bonds is 6. The smallest absolute Gasteiger partial charge is 0.0545 e. The molecule has 92 valence electrons. The number of aliphatic hydroxyl groups excluding tert-OH is 1. The van der Waals surface area contributed by atoms with E-state index in [9.17, 15) is 5.11 Å². The van der Waals surface area contributed by atoms with Gasteiger partial charge in [-0.25, -0.2) is 0 Å². The minimum Gasteiger partial charge on any atom is -0.393 e. The molecule has 15 heavy (non-hydrogen) atoms. The van der Waals surface area contributed by atoms with E-state index in [-0.39, 0.29) is 6.10 Å². The van der Waals surface area contributed by atoms with E-state index in [1.54, 1.807) is 0 Å². The molecule has 0 amide bonds. The van der Waals surface area contributed by atoms with Crippen LogP contribution in [-0.4, -0.2) is 11.2 Å². The second-order valence-electron chi connectivity index (χ2n) is 6.83. The Bertz CT molecular complexity index is 165. The molecule has 0 bridgehead atoms. The lowest BCUT2D eigenvalue weighted by Crippen LogP contribution is -2.20. The summed E-state index contributed by atoms with van der Waals surface area (Å²) in [6, 6.07) is 0. The monoisotopic (exact) mass is 214 g/mol. The van der Waals surface area contributed by atoms with Gasteiger partial charge in [-0.05, 0) is 30.1 Å². The van der Waals surface area contributed by atoms with Crippen molar-refractivity contribution < 1.29 is 5.11 Å². The zero-order valence-corrected chi connectivity index (χ0v) is 11.6. The molecule has 0 saturated carbocycles. The van der Waals surface area contributed by atoms with Crippen molar-refractivity contribution in [2.24, 2.45) is 10.8 Å². The van der Waals surface area contributed by atoms with Crippen LogP contribution in [0.1, 0.15) is 73.6 Å². The van der Waals surface area contributed by atoms with E-state index in [0.29, 0.717) is 10.8 Å². The molecule has 0 aliphatic heterocycles. The maximum atomic E-state index is 9.91. The first-order chi connectivity index (χ1) is 6.66. The van der Waals surface area contributed by atoms with Crippen molar-refractivity contribution in [2.45, 2.75) is 79.8 Å². The van der Waals surface area contributed by atoms with E-state index in [1.165, 1.54) is 6.42 Å². The van der Waals surface area contributed by atoms with Crippen LogP contribution in [0.5, 0.6) is 0 Å². The molecule has 1 heteroatoms.